The lowest BCUT2D eigenvalue weighted by Gasteiger charge is -2.24. The van der Waals surface area contributed by atoms with Crippen LogP contribution in [0.2, 0.25) is 0 Å². The van der Waals surface area contributed by atoms with Gasteiger partial charge in [0.2, 0.25) is 0 Å². The van der Waals surface area contributed by atoms with Crippen molar-refractivity contribution in [3.8, 4) is 0 Å². The van der Waals surface area contributed by atoms with Crippen molar-refractivity contribution in [3.63, 3.8) is 0 Å². The number of aryl methyl sites for hydroxylation is 1. The molecule has 1 saturated heterocycles. The first kappa shape index (κ1) is 15.6. The summed E-state index contributed by atoms with van der Waals surface area (Å²) in [5.41, 5.74) is 2.29. The van der Waals surface area contributed by atoms with Crippen LogP contribution in [0, 0.1) is 6.92 Å². The Hall–Kier alpha value is -2.96. The summed E-state index contributed by atoms with van der Waals surface area (Å²) >= 11 is 0. The smallest absolute Gasteiger partial charge is 0.338 e. The quantitative estimate of drug-likeness (QED) is 0.680. The molecule has 0 N–H and O–H groups in total. The van der Waals surface area contributed by atoms with E-state index in [0.29, 0.717) is 12.2 Å². The highest BCUT2D eigenvalue weighted by Crippen LogP contribution is 2.23. The van der Waals surface area contributed by atoms with Crippen LogP contribution in [0.5, 0.6) is 0 Å². The van der Waals surface area contributed by atoms with Crippen molar-refractivity contribution in [2.45, 2.75) is 25.8 Å². The molecule has 1 aliphatic rings. The lowest BCUT2D eigenvalue weighted by molar-refractivity contribution is 0.0482. The summed E-state index contributed by atoms with van der Waals surface area (Å²) in [5.74, 6) is 0.523. The Labute approximate surface area is 145 Å². The van der Waals surface area contributed by atoms with E-state index in [1.54, 1.807) is 24.7 Å². The van der Waals surface area contributed by atoms with Crippen molar-refractivity contribution >= 4 is 17.3 Å². The number of fused-ring (bicyclic) bond motifs is 1. The third kappa shape index (κ3) is 3.17. The van der Waals surface area contributed by atoms with E-state index in [-0.39, 0.29) is 12.0 Å². The maximum Gasteiger partial charge on any atom is 0.338 e. The van der Waals surface area contributed by atoms with Gasteiger partial charge in [-0.1, -0.05) is 0 Å². The number of carbonyl (C=O) groups is 1. The Morgan fingerprint density at radius 1 is 1.32 bits per heavy atom. The standard InChI is InChI=1S/C18H19N5O2/c1-13-4-5-17(21-20-13)23-7-2-3-15(23)11-25-18(24)14-6-8-22-12-19-10-16(22)9-14/h4-6,8-10,12,15H,2-3,7,11H2,1H3. The Kier molecular flexibility index (Phi) is 4.05. The van der Waals surface area contributed by atoms with E-state index in [4.69, 9.17) is 4.74 Å². The summed E-state index contributed by atoms with van der Waals surface area (Å²) in [6.45, 7) is 3.16. The Morgan fingerprint density at radius 3 is 3.08 bits per heavy atom. The molecule has 7 nitrogen and oxygen atoms in total. The summed E-state index contributed by atoms with van der Waals surface area (Å²) in [4.78, 5) is 18.6. The molecule has 0 bridgehead atoms. The average molecular weight is 337 g/mol. The molecule has 128 valence electrons. The van der Waals surface area contributed by atoms with E-state index in [1.807, 2.05) is 29.7 Å². The van der Waals surface area contributed by atoms with E-state index in [1.165, 1.54) is 0 Å². The number of pyridine rings is 1. The average Bonchev–Trinajstić information content (AvgIpc) is 3.28. The first-order valence-corrected chi connectivity index (χ1v) is 8.36. The zero-order valence-corrected chi connectivity index (χ0v) is 14.0. The zero-order valence-electron chi connectivity index (χ0n) is 14.0. The highest BCUT2D eigenvalue weighted by Gasteiger charge is 2.27. The molecule has 0 radical (unpaired) electrons. The molecule has 0 amide bonds. The van der Waals surface area contributed by atoms with Crippen LogP contribution < -0.4 is 4.90 Å². The molecule has 3 aromatic heterocycles. The van der Waals surface area contributed by atoms with Crippen LogP contribution in [0.15, 0.2) is 43.0 Å². The number of ether oxygens (including phenoxy) is 1. The van der Waals surface area contributed by atoms with Gasteiger partial charge >= 0.3 is 5.97 Å². The third-order valence-electron chi connectivity index (χ3n) is 4.51. The number of nitrogens with zero attached hydrogens (tertiary/aromatic N) is 5. The molecule has 0 saturated carbocycles. The van der Waals surface area contributed by atoms with Crippen LogP contribution in [0.1, 0.15) is 28.9 Å². The molecule has 1 aliphatic heterocycles. The van der Waals surface area contributed by atoms with Crippen LogP contribution in [0.3, 0.4) is 0 Å². The molecule has 0 spiro atoms. The largest absolute Gasteiger partial charge is 0.460 e. The number of carbonyl (C=O) groups excluding carboxylic acids is 1. The van der Waals surface area contributed by atoms with Gasteiger partial charge in [0.15, 0.2) is 5.82 Å². The molecule has 25 heavy (non-hydrogen) atoms. The Balaban J connectivity index is 1.42. The minimum Gasteiger partial charge on any atom is -0.460 e. The summed E-state index contributed by atoms with van der Waals surface area (Å²) in [6, 6.07) is 7.59. The number of hydrogen-bond acceptors (Lipinski definition) is 6. The van der Waals surface area contributed by atoms with Gasteiger partial charge in [-0.3, -0.25) is 0 Å². The number of anilines is 1. The second-order valence-electron chi connectivity index (χ2n) is 6.26. The zero-order chi connectivity index (χ0) is 17.2. The molecule has 7 heteroatoms. The van der Waals surface area contributed by atoms with Gasteiger partial charge in [0, 0.05) is 12.7 Å². The fourth-order valence-corrected chi connectivity index (χ4v) is 3.16. The van der Waals surface area contributed by atoms with Crippen LogP contribution >= 0.6 is 0 Å². The van der Waals surface area contributed by atoms with Crippen LogP contribution in [0.25, 0.3) is 5.52 Å². The van der Waals surface area contributed by atoms with Gasteiger partial charge in [0.1, 0.15) is 6.61 Å². The van der Waals surface area contributed by atoms with E-state index in [0.717, 1.165) is 36.4 Å². The Bertz CT molecular complexity index is 890. The van der Waals surface area contributed by atoms with Crippen molar-refractivity contribution in [2.75, 3.05) is 18.1 Å². The van der Waals surface area contributed by atoms with Gasteiger partial charge in [-0.05, 0) is 44.0 Å². The molecule has 3 aromatic rings. The van der Waals surface area contributed by atoms with Crippen molar-refractivity contribution < 1.29 is 9.53 Å². The predicted octanol–water partition coefficient (Wildman–Crippen LogP) is 2.26. The maximum absolute atomic E-state index is 12.4. The fourth-order valence-electron chi connectivity index (χ4n) is 3.16. The van der Waals surface area contributed by atoms with Crippen molar-refractivity contribution in [3.05, 3.63) is 54.2 Å². The monoisotopic (exact) mass is 337 g/mol. The molecule has 1 atom stereocenters. The summed E-state index contributed by atoms with van der Waals surface area (Å²) in [7, 11) is 0. The molecular formula is C18H19N5O2. The lowest BCUT2D eigenvalue weighted by atomic mass is 10.2. The number of hydrogen-bond donors (Lipinski definition) is 0. The number of rotatable bonds is 4. The summed E-state index contributed by atoms with van der Waals surface area (Å²) < 4.78 is 7.41. The molecule has 1 unspecified atom stereocenters. The number of esters is 1. The van der Waals surface area contributed by atoms with Gasteiger partial charge in [0.25, 0.3) is 0 Å². The number of aromatic nitrogens is 4. The summed E-state index contributed by atoms with van der Waals surface area (Å²) in [6.07, 6.45) is 7.25. The normalized spacial score (nSPS) is 17.2. The van der Waals surface area contributed by atoms with Gasteiger partial charge in [-0.25, -0.2) is 9.78 Å². The molecule has 1 fully saturated rings. The molecule has 4 heterocycles. The maximum atomic E-state index is 12.4. The van der Waals surface area contributed by atoms with Crippen LogP contribution in [0.4, 0.5) is 5.82 Å². The minimum atomic E-state index is -0.314. The van der Waals surface area contributed by atoms with Gasteiger partial charge in [-0.2, -0.15) is 5.10 Å². The van der Waals surface area contributed by atoms with Crippen LogP contribution in [-0.4, -0.2) is 44.7 Å². The molecule has 0 aromatic carbocycles. The van der Waals surface area contributed by atoms with Crippen LogP contribution in [-0.2, 0) is 4.74 Å². The van der Waals surface area contributed by atoms with Gasteiger partial charge in [-0.15, -0.1) is 5.10 Å². The first-order chi connectivity index (χ1) is 12.2. The van der Waals surface area contributed by atoms with Crippen molar-refractivity contribution in [2.24, 2.45) is 0 Å². The highest BCUT2D eigenvalue weighted by molar-refractivity contribution is 5.90. The topological polar surface area (TPSA) is 72.6 Å². The number of imidazole rings is 1. The first-order valence-electron chi connectivity index (χ1n) is 8.36. The van der Waals surface area contributed by atoms with Crippen molar-refractivity contribution in [1.82, 2.24) is 19.6 Å². The second-order valence-corrected chi connectivity index (χ2v) is 6.26. The predicted molar refractivity (Wildman–Crippen MR) is 92.6 cm³/mol. The Morgan fingerprint density at radius 2 is 2.24 bits per heavy atom. The fraction of sp³-hybridized carbons (Fsp3) is 0.333. The molecule has 4 rings (SSSR count). The van der Waals surface area contributed by atoms with E-state index >= 15 is 0 Å². The molecular weight excluding hydrogens is 318 g/mol. The van der Waals surface area contributed by atoms with E-state index in [2.05, 4.69) is 20.1 Å². The SMILES string of the molecule is Cc1ccc(N2CCCC2COC(=O)c2ccn3cncc3c2)nn1. The van der Waals surface area contributed by atoms with E-state index < -0.39 is 0 Å². The van der Waals surface area contributed by atoms with Gasteiger partial charge in [0.05, 0.1) is 35.3 Å². The van der Waals surface area contributed by atoms with E-state index in [9.17, 15) is 4.79 Å². The minimum absolute atomic E-state index is 0.139. The second kappa shape index (κ2) is 6.51. The molecule has 0 aliphatic carbocycles. The van der Waals surface area contributed by atoms with Gasteiger partial charge < -0.3 is 14.0 Å². The lowest BCUT2D eigenvalue weighted by Crippen LogP contribution is -2.34. The highest BCUT2D eigenvalue weighted by atomic mass is 16.5. The summed E-state index contributed by atoms with van der Waals surface area (Å²) in [5, 5.41) is 8.37. The third-order valence-corrected chi connectivity index (χ3v) is 4.51. The van der Waals surface area contributed by atoms with Crippen molar-refractivity contribution in [1.29, 1.82) is 0 Å².